The molecule has 1 heterocycles. The van der Waals surface area contributed by atoms with Crippen LogP contribution in [0.2, 0.25) is 0 Å². The minimum absolute atomic E-state index is 0.0501. The molecular weight excluding hydrogens is 237 g/mol. The van der Waals surface area contributed by atoms with Crippen LogP contribution in [0.3, 0.4) is 0 Å². The molecule has 1 aromatic carbocycles. The largest absolute Gasteiger partial charge is 0.503 e. The van der Waals surface area contributed by atoms with Gasteiger partial charge in [0.05, 0.1) is 11.6 Å². The molecule has 0 bridgehead atoms. The van der Waals surface area contributed by atoms with Gasteiger partial charge in [0.15, 0.2) is 11.5 Å². The number of amides is 1. The normalized spacial score (nSPS) is 19.6. The quantitative estimate of drug-likeness (QED) is 0.868. The van der Waals surface area contributed by atoms with Gasteiger partial charge in [-0.1, -0.05) is 12.1 Å². The minimum atomic E-state index is -0.657. The molecule has 0 saturated heterocycles. The van der Waals surface area contributed by atoms with E-state index < -0.39 is 23.5 Å². The van der Waals surface area contributed by atoms with Crippen molar-refractivity contribution in [2.24, 2.45) is 0 Å². The standard InChI is InChI=1S/C13H12FNO3/c1-7(16)10-11(15(2)13(18)12(10)17)8-3-5-9(14)6-4-8/h3-6,11,17H,1-2H3/t11-/m1/s1. The second-order valence-corrected chi connectivity index (χ2v) is 4.19. The lowest BCUT2D eigenvalue weighted by atomic mass is 9.97. The van der Waals surface area contributed by atoms with Crippen molar-refractivity contribution < 1.29 is 19.1 Å². The van der Waals surface area contributed by atoms with Crippen molar-refractivity contribution >= 4 is 11.7 Å². The fourth-order valence-corrected chi connectivity index (χ4v) is 2.12. The van der Waals surface area contributed by atoms with Crippen molar-refractivity contribution in [2.45, 2.75) is 13.0 Å². The SMILES string of the molecule is CC(=O)C1=C(O)C(=O)N(C)[C@@H]1c1ccc(F)cc1. The van der Waals surface area contributed by atoms with E-state index in [1.807, 2.05) is 0 Å². The summed E-state index contributed by atoms with van der Waals surface area (Å²) in [6.45, 7) is 1.29. The number of aliphatic hydroxyl groups excluding tert-OH is 1. The molecule has 1 amide bonds. The lowest BCUT2D eigenvalue weighted by molar-refractivity contribution is -0.128. The summed E-state index contributed by atoms with van der Waals surface area (Å²) >= 11 is 0. The van der Waals surface area contributed by atoms with E-state index in [1.165, 1.54) is 43.1 Å². The van der Waals surface area contributed by atoms with Crippen molar-refractivity contribution in [1.82, 2.24) is 4.90 Å². The molecule has 0 unspecified atom stereocenters. The number of halogens is 1. The van der Waals surface area contributed by atoms with Gasteiger partial charge in [-0.15, -0.1) is 0 Å². The Hall–Kier alpha value is -2.17. The zero-order chi connectivity index (χ0) is 13.4. The first-order chi connectivity index (χ1) is 8.43. The number of benzene rings is 1. The van der Waals surface area contributed by atoms with Crippen LogP contribution < -0.4 is 0 Å². The highest BCUT2D eigenvalue weighted by Gasteiger charge is 2.40. The molecule has 0 aliphatic carbocycles. The molecule has 1 aromatic rings. The Morgan fingerprint density at radius 2 is 1.89 bits per heavy atom. The summed E-state index contributed by atoms with van der Waals surface area (Å²) in [5.41, 5.74) is 0.635. The average molecular weight is 249 g/mol. The molecule has 1 N–H and O–H groups in total. The van der Waals surface area contributed by atoms with Gasteiger partial charge in [-0.2, -0.15) is 0 Å². The summed E-state index contributed by atoms with van der Waals surface area (Å²) < 4.78 is 12.9. The summed E-state index contributed by atoms with van der Waals surface area (Å²) in [4.78, 5) is 24.5. The number of likely N-dealkylation sites (N-methyl/N-ethyl adjacent to an activating group) is 1. The Bertz CT molecular complexity index is 548. The number of aliphatic hydroxyl groups is 1. The summed E-state index contributed by atoms with van der Waals surface area (Å²) in [5, 5.41) is 9.68. The van der Waals surface area contributed by atoms with Crippen LogP contribution in [0.4, 0.5) is 4.39 Å². The Balaban J connectivity index is 2.52. The average Bonchev–Trinajstić information content (AvgIpc) is 2.55. The third-order valence-corrected chi connectivity index (χ3v) is 3.00. The smallest absolute Gasteiger partial charge is 0.289 e. The van der Waals surface area contributed by atoms with Gasteiger partial charge in [-0.3, -0.25) is 9.59 Å². The molecule has 0 aromatic heterocycles. The fraction of sp³-hybridized carbons (Fsp3) is 0.231. The second-order valence-electron chi connectivity index (χ2n) is 4.19. The zero-order valence-electron chi connectivity index (χ0n) is 9.98. The van der Waals surface area contributed by atoms with E-state index in [0.29, 0.717) is 5.56 Å². The predicted molar refractivity (Wildman–Crippen MR) is 62.2 cm³/mol. The first kappa shape index (κ1) is 12.3. The van der Waals surface area contributed by atoms with Crippen molar-refractivity contribution in [3.05, 3.63) is 47.0 Å². The maximum Gasteiger partial charge on any atom is 0.289 e. The highest BCUT2D eigenvalue weighted by molar-refractivity contribution is 6.07. The molecule has 18 heavy (non-hydrogen) atoms. The third-order valence-electron chi connectivity index (χ3n) is 3.00. The van der Waals surface area contributed by atoms with E-state index in [0.717, 1.165) is 0 Å². The van der Waals surface area contributed by atoms with Gasteiger partial charge in [0.2, 0.25) is 0 Å². The van der Waals surface area contributed by atoms with Crippen LogP contribution in [-0.2, 0) is 9.59 Å². The number of ketones is 1. The highest BCUT2D eigenvalue weighted by atomic mass is 19.1. The number of hydrogen-bond acceptors (Lipinski definition) is 3. The molecule has 5 heteroatoms. The van der Waals surface area contributed by atoms with Gasteiger partial charge in [0, 0.05) is 7.05 Å². The predicted octanol–water partition coefficient (Wildman–Crippen LogP) is 1.74. The topological polar surface area (TPSA) is 57.6 Å². The maximum atomic E-state index is 12.9. The number of hydrogen-bond donors (Lipinski definition) is 1. The van der Waals surface area contributed by atoms with Crippen LogP contribution in [0.5, 0.6) is 0 Å². The number of carbonyl (C=O) groups is 2. The molecule has 0 saturated carbocycles. The third kappa shape index (κ3) is 1.77. The van der Waals surface area contributed by atoms with Crippen molar-refractivity contribution in [2.75, 3.05) is 7.05 Å². The molecule has 0 spiro atoms. The monoisotopic (exact) mass is 249 g/mol. The van der Waals surface area contributed by atoms with E-state index in [4.69, 9.17) is 0 Å². The molecular formula is C13H12FNO3. The van der Waals surface area contributed by atoms with E-state index in [1.54, 1.807) is 0 Å². The van der Waals surface area contributed by atoms with Gasteiger partial charge < -0.3 is 10.0 Å². The fourth-order valence-electron chi connectivity index (χ4n) is 2.12. The van der Waals surface area contributed by atoms with Gasteiger partial charge in [-0.05, 0) is 24.6 Å². The molecule has 1 aliphatic rings. The molecule has 0 fully saturated rings. The molecule has 1 atom stereocenters. The summed E-state index contributed by atoms with van der Waals surface area (Å²) in [6, 6.07) is 4.83. The van der Waals surface area contributed by atoms with Crippen molar-refractivity contribution in [1.29, 1.82) is 0 Å². The minimum Gasteiger partial charge on any atom is -0.503 e. The summed E-state index contributed by atoms with van der Waals surface area (Å²) in [5.74, 6) is -1.91. The van der Waals surface area contributed by atoms with Gasteiger partial charge in [0.25, 0.3) is 5.91 Å². The number of carbonyl (C=O) groups excluding carboxylic acids is 2. The van der Waals surface area contributed by atoms with Gasteiger partial charge in [0.1, 0.15) is 5.82 Å². The Kier molecular flexibility index (Phi) is 2.90. The summed E-state index contributed by atoms with van der Waals surface area (Å²) in [6.07, 6.45) is 0. The second kappa shape index (κ2) is 4.25. The molecule has 2 rings (SSSR count). The maximum absolute atomic E-state index is 12.9. The Morgan fingerprint density at radius 3 is 2.39 bits per heavy atom. The number of rotatable bonds is 2. The molecule has 0 radical (unpaired) electrons. The molecule has 1 aliphatic heterocycles. The summed E-state index contributed by atoms with van der Waals surface area (Å²) in [7, 11) is 1.49. The lowest BCUT2D eigenvalue weighted by Gasteiger charge is -2.21. The van der Waals surface area contributed by atoms with E-state index in [-0.39, 0.29) is 11.4 Å². The van der Waals surface area contributed by atoms with E-state index in [2.05, 4.69) is 0 Å². The first-order valence-electron chi connectivity index (χ1n) is 5.40. The highest BCUT2D eigenvalue weighted by Crippen LogP contribution is 2.36. The Labute approximate surface area is 103 Å². The van der Waals surface area contributed by atoms with Crippen LogP contribution in [-0.4, -0.2) is 28.7 Å². The zero-order valence-corrected chi connectivity index (χ0v) is 9.98. The van der Waals surface area contributed by atoms with E-state index >= 15 is 0 Å². The lowest BCUT2D eigenvalue weighted by Crippen LogP contribution is -2.26. The van der Waals surface area contributed by atoms with Crippen molar-refractivity contribution in [3.8, 4) is 0 Å². The Morgan fingerprint density at radius 1 is 1.33 bits per heavy atom. The number of nitrogens with zero attached hydrogens (tertiary/aromatic N) is 1. The van der Waals surface area contributed by atoms with Crippen LogP contribution in [0.1, 0.15) is 18.5 Å². The van der Waals surface area contributed by atoms with Crippen LogP contribution in [0, 0.1) is 5.82 Å². The van der Waals surface area contributed by atoms with E-state index in [9.17, 15) is 19.1 Å². The van der Waals surface area contributed by atoms with Crippen molar-refractivity contribution in [3.63, 3.8) is 0 Å². The van der Waals surface area contributed by atoms with Crippen LogP contribution in [0.15, 0.2) is 35.6 Å². The van der Waals surface area contributed by atoms with Crippen LogP contribution >= 0.6 is 0 Å². The first-order valence-corrected chi connectivity index (χ1v) is 5.40. The van der Waals surface area contributed by atoms with Gasteiger partial charge >= 0.3 is 0 Å². The molecule has 4 nitrogen and oxygen atoms in total. The van der Waals surface area contributed by atoms with Gasteiger partial charge in [-0.25, -0.2) is 4.39 Å². The number of Topliss-reactive ketones (excluding diaryl/α,β-unsaturated/α-hetero) is 1. The van der Waals surface area contributed by atoms with Crippen LogP contribution in [0.25, 0.3) is 0 Å². The molecule has 94 valence electrons.